The number of aliphatic hydroxyl groups excluding tert-OH is 1. The highest BCUT2D eigenvalue weighted by atomic mass is 16.5. The topological polar surface area (TPSA) is 41.9 Å². The summed E-state index contributed by atoms with van der Waals surface area (Å²) in [5, 5.41) is 10.7. The van der Waals surface area contributed by atoms with Gasteiger partial charge in [0.05, 0.1) is 12.5 Å². The number of piperidine rings is 1. The van der Waals surface area contributed by atoms with Gasteiger partial charge in [-0.25, -0.2) is 0 Å². The van der Waals surface area contributed by atoms with Crippen molar-refractivity contribution in [1.82, 2.24) is 4.90 Å². The zero-order valence-electron chi connectivity index (χ0n) is 13.9. The third kappa shape index (κ3) is 1.33. The third-order valence-electron chi connectivity index (χ3n) is 7.01. The van der Waals surface area contributed by atoms with Gasteiger partial charge in [0.2, 0.25) is 0 Å². The summed E-state index contributed by atoms with van der Waals surface area (Å²) in [6.45, 7) is 3.39. The van der Waals surface area contributed by atoms with Gasteiger partial charge in [-0.3, -0.25) is 0 Å². The first-order chi connectivity index (χ1) is 11.0. The van der Waals surface area contributed by atoms with E-state index in [9.17, 15) is 5.11 Å². The summed E-state index contributed by atoms with van der Waals surface area (Å²) in [6, 6.07) is 4.65. The molecule has 1 N–H and O–H groups in total. The van der Waals surface area contributed by atoms with E-state index < -0.39 is 6.10 Å². The van der Waals surface area contributed by atoms with E-state index in [1.807, 2.05) is 12.1 Å². The second-order valence-corrected chi connectivity index (χ2v) is 7.72. The lowest BCUT2D eigenvalue weighted by Crippen LogP contribution is -2.70. The van der Waals surface area contributed by atoms with E-state index in [0.717, 1.165) is 30.9 Å². The molecule has 0 amide bonds. The van der Waals surface area contributed by atoms with Gasteiger partial charge in [-0.1, -0.05) is 25.1 Å². The maximum atomic E-state index is 10.7. The number of likely N-dealkylation sites (tertiary alicyclic amines) is 1. The second kappa shape index (κ2) is 4.11. The molecular formula is C19H23NO3. The number of ether oxygens (including phenoxy) is 2. The fourth-order valence-electron chi connectivity index (χ4n) is 5.88. The Kier molecular flexibility index (Phi) is 2.48. The lowest BCUT2D eigenvalue weighted by atomic mass is 9.46. The molecule has 4 aliphatic rings. The Morgan fingerprint density at radius 2 is 2.22 bits per heavy atom. The molecule has 23 heavy (non-hydrogen) atoms. The summed E-state index contributed by atoms with van der Waals surface area (Å²) in [5.74, 6) is 1.66. The lowest BCUT2D eigenvalue weighted by Gasteiger charge is -2.62. The Bertz CT molecular complexity index is 730. The maximum absolute atomic E-state index is 10.7. The maximum Gasteiger partial charge on any atom is 0.165 e. The molecular weight excluding hydrogens is 290 g/mol. The van der Waals surface area contributed by atoms with Gasteiger partial charge in [0.1, 0.15) is 12.2 Å². The van der Waals surface area contributed by atoms with E-state index in [2.05, 4.69) is 31.0 Å². The van der Waals surface area contributed by atoms with Crippen molar-refractivity contribution >= 4 is 0 Å². The van der Waals surface area contributed by atoms with Gasteiger partial charge >= 0.3 is 0 Å². The fraction of sp³-hybridized carbons (Fsp3) is 0.579. The van der Waals surface area contributed by atoms with Crippen molar-refractivity contribution in [2.45, 2.75) is 43.4 Å². The van der Waals surface area contributed by atoms with Crippen molar-refractivity contribution in [3.63, 3.8) is 0 Å². The quantitative estimate of drug-likeness (QED) is 0.804. The molecule has 5 atom stereocenters. The number of hydrogen-bond donors (Lipinski definition) is 1. The zero-order valence-corrected chi connectivity index (χ0v) is 13.9. The smallest absolute Gasteiger partial charge is 0.165 e. The zero-order chi connectivity index (χ0) is 16.0. The minimum Gasteiger partial charge on any atom is -0.493 e. The van der Waals surface area contributed by atoms with Crippen LogP contribution < -0.4 is 9.47 Å². The number of benzene rings is 1. The minimum absolute atomic E-state index is 0.0193. The molecule has 2 aliphatic carbocycles. The van der Waals surface area contributed by atoms with Gasteiger partial charge < -0.3 is 19.5 Å². The van der Waals surface area contributed by atoms with E-state index in [0.29, 0.717) is 6.04 Å². The predicted molar refractivity (Wildman–Crippen MR) is 87.1 cm³/mol. The molecule has 1 aromatic carbocycles. The van der Waals surface area contributed by atoms with Crippen LogP contribution in [-0.2, 0) is 11.8 Å². The largest absolute Gasteiger partial charge is 0.493 e. The highest BCUT2D eigenvalue weighted by Gasteiger charge is 2.69. The summed E-state index contributed by atoms with van der Waals surface area (Å²) in [6.07, 6.45) is 5.47. The molecule has 2 bridgehead atoms. The van der Waals surface area contributed by atoms with E-state index in [-0.39, 0.29) is 16.9 Å². The highest BCUT2D eigenvalue weighted by molar-refractivity contribution is 5.63. The summed E-state index contributed by atoms with van der Waals surface area (Å²) >= 11 is 0. The Morgan fingerprint density at radius 1 is 1.39 bits per heavy atom. The minimum atomic E-state index is -0.560. The first-order valence-electron chi connectivity index (χ1n) is 8.47. The van der Waals surface area contributed by atoms with E-state index in [1.54, 1.807) is 7.11 Å². The molecule has 2 aliphatic heterocycles. The average Bonchev–Trinajstić information content (AvgIpc) is 2.90. The van der Waals surface area contributed by atoms with Gasteiger partial charge in [-0.2, -0.15) is 0 Å². The third-order valence-corrected chi connectivity index (χ3v) is 7.01. The van der Waals surface area contributed by atoms with Crippen LogP contribution in [0.15, 0.2) is 24.3 Å². The summed E-state index contributed by atoms with van der Waals surface area (Å²) in [4.78, 5) is 2.48. The second-order valence-electron chi connectivity index (χ2n) is 7.72. The molecule has 5 rings (SSSR count). The number of likely N-dealkylation sites (N-methyl/N-ethyl adjacent to an activating group) is 1. The SMILES string of the molecule is COc1ccc2c3c1OC1[C@@H](O)C=CC4(C)C(C2)N(C)CC[C@]314. The number of hydrogen-bond acceptors (Lipinski definition) is 4. The van der Waals surface area contributed by atoms with Crippen LogP contribution >= 0.6 is 0 Å². The molecule has 4 nitrogen and oxygen atoms in total. The van der Waals surface area contributed by atoms with E-state index in [1.165, 1.54) is 11.1 Å². The van der Waals surface area contributed by atoms with Gasteiger partial charge in [0.15, 0.2) is 11.5 Å². The molecule has 1 aromatic rings. The van der Waals surface area contributed by atoms with Crippen molar-refractivity contribution < 1.29 is 14.6 Å². The number of nitrogens with zero attached hydrogens (tertiary/aromatic N) is 1. The summed E-state index contributed by atoms with van der Waals surface area (Å²) < 4.78 is 11.9. The van der Waals surface area contributed by atoms with Gasteiger partial charge in [-0.05, 0) is 38.1 Å². The van der Waals surface area contributed by atoms with Crippen LogP contribution in [0, 0.1) is 5.41 Å². The normalized spacial score (nSPS) is 43.0. The van der Waals surface area contributed by atoms with Crippen molar-refractivity contribution in [3.05, 3.63) is 35.4 Å². The lowest BCUT2D eigenvalue weighted by molar-refractivity contribution is -0.0891. The van der Waals surface area contributed by atoms with E-state index in [4.69, 9.17) is 9.47 Å². The molecule has 4 heteroatoms. The first kappa shape index (κ1) is 13.9. The van der Waals surface area contributed by atoms with Crippen LogP contribution in [0.25, 0.3) is 0 Å². The molecule has 0 aromatic heterocycles. The van der Waals surface area contributed by atoms with Crippen LogP contribution in [0.4, 0.5) is 0 Å². The Morgan fingerprint density at radius 3 is 3.00 bits per heavy atom. The highest BCUT2D eigenvalue weighted by Crippen LogP contribution is 2.67. The van der Waals surface area contributed by atoms with Crippen molar-refractivity contribution in [3.8, 4) is 11.5 Å². The van der Waals surface area contributed by atoms with Gasteiger partial charge in [0.25, 0.3) is 0 Å². The van der Waals surface area contributed by atoms with Crippen LogP contribution in [-0.4, -0.2) is 49.0 Å². The van der Waals surface area contributed by atoms with Crippen molar-refractivity contribution in [2.75, 3.05) is 20.7 Å². The van der Waals surface area contributed by atoms with Crippen LogP contribution in [0.2, 0.25) is 0 Å². The first-order valence-corrected chi connectivity index (χ1v) is 8.47. The van der Waals surface area contributed by atoms with E-state index >= 15 is 0 Å². The standard InChI is InChI=1S/C19H23NO3/c1-18-7-6-12(21)17-19(18)8-9-20(2)14(18)10-11-4-5-13(22-3)16(23-17)15(11)19/h4-7,12,14,17,21H,8-10H2,1-3H3/t12-,14?,17?,18?,19-/m0/s1. The van der Waals surface area contributed by atoms with Crippen molar-refractivity contribution in [2.24, 2.45) is 5.41 Å². The Labute approximate surface area is 136 Å². The fourth-order valence-corrected chi connectivity index (χ4v) is 5.88. The van der Waals surface area contributed by atoms with Crippen LogP contribution in [0.5, 0.6) is 11.5 Å². The predicted octanol–water partition coefficient (Wildman–Crippen LogP) is 1.89. The Balaban J connectivity index is 1.87. The molecule has 1 saturated heterocycles. The molecule has 1 spiro atoms. The van der Waals surface area contributed by atoms with Gasteiger partial charge in [0, 0.05) is 17.0 Å². The summed E-state index contributed by atoms with van der Waals surface area (Å²) in [5.41, 5.74) is 2.50. The Hall–Kier alpha value is -1.52. The molecule has 3 unspecified atom stereocenters. The number of aliphatic hydroxyl groups is 1. The summed E-state index contributed by atoms with van der Waals surface area (Å²) in [7, 11) is 3.91. The molecule has 122 valence electrons. The van der Waals surface area contributed by atoms with Crippen molar-refractivity contribution in [1.29, 1.82) is 0 Å². The molecule has 1 fully saturated rings. The monoisotopic (exact) mass is 313 g/mol. The molecule has 0 saturated carbocycles. The number of methoxy groups -OCH3 is 1. The average molecular weight is 313 g/mol. The number of rotatable bonds is 1. The van der Waals surface area contributed by atoms with Crippen LogP contribution in [0.1, 0.15) is 24.5 Å². The van der Waals surface area contributed by atoms with Gasteiger partial charge in [-0.15, -0.1) is 0 Å². The van der Waals surface area contributed by atoms with Crippen LogP contribution in [0.3, 0.4) is 0 Å². The molecule has 0 radical (unpaired) electrons. The molecule has 2 heterocycles.